The second kappa shape index (κ2) is 7.20. The van der Waals surface area contributed by atoms with Crippen molar-refractivity contribution >= 4 is 38.9 Å². The van der Waals surface area contributed by atoms with Gasteiger partial charge in [-0.1, -0.05) is 0 Å². The van der Waals surface area contributed by atoms with Gasteiger partial charge in [-0.05, 0) is 44.4 Å². The zero-order chi connectivity index (χ0) is 18.8. The number of aromatic nitrogens is 1. The molecule has 3 aromatic rings. The number of methoxy groups -OCH3 is 1. The number of pyridine rings is 1. The Kier molecular flexibility index (Phi) is 4.99. The Morgan fingerprint density at radius 3 is 2.69 bits per heavy atom. The van der Waals surface area contributed by atoms with E-state index < -0.39 is 0 Å². The number of nitrogens with two attached hydrogens (primary N) is 1. The van der Waals surface area contributed by atoms with Gasteiger partial charge in [0.25, 0.3) is 0 Å². The molecule has 0 unspecified atom stereocenters. The van der Waals surface area contributed by atoms with E-state index in [1.807, 2.05) is 14.1 Å². The van der Waals surface area contributed by atoms with Crippen LogP contribution in [0.25, 0.3) is 21.8 Å². The molecule has 4 N–H and O–H groups in total. The smallest absolute Gasteiger partial charge is 0.119 e. The molecule has 0 radical (unpaired) electrons. The first-order valence-corrected chi connectivity index (χ1v) is 8.17. The van der Waals surface area contributed by atoms with Gasteiger partial charge in [0.15, 0.2) is 0 Å². The molecule has 0 fully saturated rings. The van der Waals surface area contributed by atoms with Crippen molar-refractivity contribution in [3.05, 3.63) is 35.5 Å². The lowest BCUT2D eigenvalue weighted by Gasteiger charge is -2.25. The van der Waals surface area contributed by atoms with Gasteiger partial charge in [0.1, 0.15) is 5.75 Å². The van der Waals surface area contributed by atoms with Crippen LogP contribution in [0.15, 0.2) is 30.3 Å². The lowest BCUT2D eigenvalue weighted by atomic mass is 10.0. The third-order valence-corrected chi connectivity index (χ3v) is 4.23. The summed E-state index contributed by atoms with van der Waals surface area (Å²) in [5, 5.41) is 25.5. The first-order valence-electron chi connectivity index (χ1n) is 8.17. The van der Waals surface area contributed by atoms with Crippen LogP contribution in [-0.2, 0) is 0 Å². The molecule has 3 rings (SSSR count). The fourth-order valence-electron chi connectivity index (χ4n) is 2.89. The SMILES string of the molecule is COc1ccc2nc3c(N([O-])O)ccc(NCCN(C)C)c3c(N)c2c1. The third kappa shape index (κ3) is 3.30. The number of nitrogen functional groups attached to an aromatic ring is 1. The van der Waals surface area contributed by atoms with Gasteiger partial charge in [0.05, 0.1) is 29.5 Å². The highest BCUT2D eigenvalue weighted by Gasteiger charge is 2.15. The number of nitrogens with one attached hydrogen (secondary N) is 1. The molecule has 0 atom stereocenters. The van der Waals surface area contributed by atoms with Gasteiger partial charge in [-0.15, -0.1) is 0 Å². The zero-order valence-corrected chi connectivity index (χ0v) is 15.0. The van der Waals surface area contributed by atoms with Gasteiger partial charge in [-0.3, -0.25) is 5.21 Å². The van der Waals surface area contributed by atoms with Crippen molar-refractivity contribution in [2.24, 2.45) is 0 Å². The molecular formula is C18H22N5O3-. The molecule has 2 aromatic carbocycles. The summed E-state index contributed by atoms with van der Waals surface area (Å²) in [7, 11) is 5.55. The molecule has 0 amide bonds. The fraction of sp³-hybridized carbons (Fsp3) is 0.278. The minimum atomic E-state index is -0.187. The van der Waals surface area contributed by atoms with E-state index >= 15 is 0 Å². The average Bonchev–Trinajstić information content (AvgIpc) is 2.61. The molecule has 1 heterocycles. The summed E-state index contributed by atoms with van der Waals surface area (Å²) < 4.78 is 5.27. The Balaban J connectivity index is 2.24. The average molecular weight is 356 g/mol. The number of likely N-dealkylation sites (N-methyl/N-ethyl adjacent to an activating group) is 1. The van der Waals surface area contributed by atoms with E-state index in [0.717, 1.165) is 17.6 Å². The van der Waals surface area contributed by atoms with Crippen molar-refractivity contribution in [2.45, 2.75) is 0 Å². The van der Waals surface area contributed by atoms with Crippen molar-refractivity contribution in [1.29, 1.82) is 0 Å². The molecule has 0 saturated heterocycles. The van der Waals surface area contributed by atoms with E-state index in [1.165, 1.54) is 6.07 Å². The predicted molar refractivity (Wildman–Crippen MR) is 105 cm³/mol. The molecule has 0 bridgehead atoms. The van der Waals surface area contributed by atoms with Crippen molar-refractivity contribution in [1.82, 2.24) is 9.88 Å². The van der Waals surface area contributed by atoms with Crippen molar-refractivity contribution in [2.75, 3.05) is 50.6 Å². The predicted octanol–water partition coefficient (Wildman–Crippen LogP) is 2.65. The molecule has 0 spiro atoms. The van der Waals surface area contributed by atoms with Crippen molar-refractivity contribution < 1.29 is 9.94 Å². The van der Waals surface area contributed by atoms with Crippen molar-refractivity contribution in [3.63, 3.8) is 0 Å². The number of benzene rings is 2. The molecule has 1 aromatic heterocycles. The zero-order valence-electron chi connectivity index (χ0n) is 15.0. The van der Waals surface area contributed by atoms with Crippen LogP contribution in [0.3, 0.4) is 0 Å². The number of nitrogens with zero attached hydrogens (tertiary/aromatic N) is 3. The molecule has 26 heavy (non-hydrogen) atoms. The summed E-state index contributed by atoms with van der Waals surface area (Å²) in [6, 6.07) is 8.59. The van der Waals surface area contributed by atoms with E-state index in [0.29, 0.717) is 34.4 Å². The van der Waals surface area contributed by atoms with Crippen LogP contribution in [0.5, 0.6) is 5.75 Å². The van der Waals surface area contributed by atoms with Gasteiger partial charge >= 0.3 is 0 Å². The fourth-order valence-corrected chi connectivity index (χ4v) is 2.89. The lowest BCUT2D eigenvalue weighted by Crippen LogP contribution is -2.21. The number of rotatable bonds is 6. The van der Waals surface area contributed by atoms with Crippen molar-refractivity contribution in [3.8, 4) is 5.75 Å². The summed E-state index contributed by atoms with van der Waals surface area (Å²) in [6.45, 7) is 1.52. The molecule has 8 nitrogen and oxygen atoms in total. The van der Waals surface area contributed by atoms with Gasteiger partial charge in [0.2, 0.25) is 0 Å². The van der Waals surface area contributed by atoms with Crippen LogP contribution >= 0.6 is 0 Å². The Bertz CT molecular complexity index is 943. The maximum absolute atomic E-state index is 11.6. The summed E-state index contributed by atoms with van der Waals surface area (Å²) in [5.41, 5.74) is 8.66. The second-order valence-corrected chi connectivity index (χ2v) is 6.27. The topological polar surface area (TPSA) is 110 Å². The molecule has 0 saturated carbocycles. The van der Waals surface area contributed by atoms with Crippen LogP contribution in [0.1, 0.15) is 0 Å². The highest BCUT2D eigenvalue weighted by molar-refractivity contribution is 6.15. The first kappa shape index (κ1) is 18.0. The van der Waals surface area contributed by atoms with E-state index in [2.05, 4.69) is 15.2 Å². The van der Waals surface area contributed by atoms with E-state index in [1.54, 1.807) is 31.4 Å². The molecule has 138 valence electrons. The minimum Gasteiger partial charge on any atom is -0.733 e. The molecular weight excluding hydrogens is 334 g/mol. The maximum Gasteiger partial charge on any atom is 0.119 e. The van der Waals surface area contributed by atoms with Gasteiger partial charge in [-0.2, -0.15) is 0 Å². The normalized spacial score (nSPS) is 11.3. The molecule has 0 aliphatic heterocycles. The summed E-state index contributed by atoms with van der Waals surface area (Å²) in [6.07, 6.45) is 0. The van der Waals surface area contributed by atoms with Crippen LogP contribution in [0.4, 0.5) is 17.1 Å². The van der Waals surface area contributed by atoms with E-state index in [4.69, 9.17) is 10.5 Å². The second-order valence-electron chi connectivity index (χ2n) is 6.27. The molecule has 0 aliphatic carbocycles. The Morgan fingerprint density at radius 2 is 2.04 bits per heavy atom. The number of ether oxygens (including phenoxy) is 1. The number of fused-ring (bicyclic) bond motifs is 2. The summed E-state index contributed by atoms with van der Waals surface area (Å²) in [5.74, 6) is 0.663. The van der Waals surface area contributed by atoms with E-state index in [9.17, 15) is 10.4 Å². The van der Waals surface area contributed by atoms with Crippen LogP contribution < -0.4 is 21.0 Å². The lowest BCUT2D eigenvalue weighted by molar-refractivity contribution is 0.297. The monoisotopic (exact) mass is 356 g/mol. The largest absolute Gasteiger partial charge is 0.733 e. The summed E-state index contributed by atoms with van der Waals surface area (Å²) in [4.78, 5) is 6.61. The first-order chi connectivity index (χ1) is 12.4. The Hall–Kier alpha value is -2.81. The van der Waals surface area contributed by atoms with Gasteiger partial charge in [-0.25, -0.2) is 4.98 Å². The Morgan fingerprint density at radius 1 is 1.27 bits per heavy atom. The third-order valence-electron chi connectivity index (χ3n) is 4.23. The molecule has 8 heteroatoms. The Labute approximate surface area is 151 Å². The molecule has 0 aliphatic rings. The van der Waals surface area contributed by atoms with E-state index in [-0.39, 0.29) is 10.9 Å². The number of hydrogen-bond donors (Lipinski definition) is 3. The minimum absolute atomic E-state index is 0.0441. The standard InChI is InChI=1S/C18H22N5O3/c1-22(2)9-8-20-14-6-7-15(23(24)25)18-16(14)17(19)12-10-11(26-3)4-5-13(12)21-18/h4-7,10,20,24H,8-9H2,1-3H3,(H2,19,21)/q-1. The summed E-state index contributed by atoms with van der Waals surface area (Å²) >= 11 is 0. The van der Waals surface area contributed by atoms with Crippen LogP contribution in [0.2, 0.25) is 0 Å². The van der Waals surface area contributed by atoms with Gasteiger partial charge in [0, 0.05) is 29.5 Å². The quantitative estimate of drug-likeness (QED) is 0.457. The maximum atomic E-state index is 11.6. The van der Waals surface area contributed by atoms with Gasteiger partial charge < -0.3 is 31.1 Å². The highest BCUT2D eigenvalue weighted by Crippen LogP contribution is 2.39. The number of hydrogen-bond acceptors (Lipinski definition) is 8. The highest BCUT2D eigenvalue weighted by atomic mass is 16.8. The van der Waals surface area contributed by atoms with Crippen LogP contribution in [0, 0.1) is 5.21 Å². The van der Waals surface area contributed by atoms with Crippen LogP contribution in [-0.4, -0.2) is 49.4 Å². The number of anilines is 3.